The van der Waals surface area contributed by atoms with Gasteiger partial charge in [-0.2, -0.15) is 0 Å². The number of halogens is 1. The predicted molar refractivity (Wildman–Crippen MR) is 96.4 cm³/mol. The molecule has 1 amide bonds. The van der Waals surface area contributed by atoms with Crippen LogP contribution in [0.25, 0.3) is 10.9 Å². The van der Waals surface area contributed by atoms with Gasteiger partial charge >= 0.3 is 0 Å². The van der Waals surface area contributed by atoms with Gasteiger partial charge in [0.05, 0.1) is 5.56 Å². The van der Waals surface area contributed by atoms with Gasteiger partial charge in [0.25, 0.3) is 5.91 Å². The van der Waals surface area contributed by atoms with Gasteiger partial charge in [0, 0.05) is 27.8 Å². The smallest absolute Gasteiger partial charge is 0.257 e. The number of H-pyrrole nitrogens is 1. The summed E-state index contributed by atoms with van der Waals surface area (Å²) in [6.45, 7) is 6.49. The topological polar surface area (TPSA) is 44.9 Å². The first-order valence-electron chi connectivity index (χ1n) is 7.53. The van der Waals surface area contributed by atoms with E-state index in [0.717, 1.165) is 16.6 Å². The van der Waals surface area contributed by atoms with Crippen LogP contribution in [0.15, 0.2) is 48.7 Å². The van der Waals surface area contributed by atoms with Crippen LogP contribution in [-0.4, -0.2) is 10.9 Å². The number of rotatable bonds is 2. The van der Waals surface area contributed by atoms with Gasteiger partial charge in [-0.3, -0.25) is 4.79 Å². The Hall–Kier alpha value is -2.26. The molecule has 0 spiro atoms. The second kappa shape index (κ2) is 5.74. The summed E-state index contributed by atoms with van der Waals surface area (Å²) in [7, 11) is 0. The van der Waals surface area contributed by atoms with Gasteiger partial charge in [0.2, 0.25) is 0 Å². The van der Waals surface area contributed by atoms with Gasteiger partial charge in [-0.15, -0.1) is 0 Å². The van der Waals surface area contributed by atoms with Crippen molar-refractivity contribution < 1.29 is 4.79 Å². The lowest BCUT2D eigenvalue weighted by molar-refractivity contribution is 0.102. The van der Waals surface area contributed by atoms with Crippen molar-refractivity contribution in [3.63, 3.8) is 0 Å². The minimum atomic E-state index is -0.151. The van der Waals surface area contributed by atoms with E-state index in [1.54, 1.807) is 18.3 Å². The minimum Gasteiger partial charge on any atom is -0.360 e. The van der Waals surface area contributed by atoms with Crippen molar-refractivity contribution >= 4 is 34.1 Å². The summed E-state index contributed by atoms with van der Waals surface area (Å²) < 4.78 is 0. The third kappa shape index (κ3) is 3.25. The van der Waals surface area contributed by atoms with Crippen LogP contribution in [-0.2, 0) is 5.41 Å². The van der Waals surface area contributed by atoms with E-state index in [2.05, 4.69) is 31.1 Å². The van der Waals surface area contributed by atoms with Crippen molar-refractivity contribution in [1.29, 1.82) is 0 Å². The number of carbonyl (C=O) groups is 1. The monoisotopic (exact) mass is 326 g/mol. The van der Waals surface area contributed by atoms with E-state index >= 15 is 0 Å². The SMILES string of the molecule is CC(C)(C)c1ccc(NC(=O)c2c[nH]c3ccc(Cl)cc23)cc1. The molecule has 0 bridgehead atoms. The van der Waals surface area contributed by atoms with E-state index in [-0.39, 0.29) is 11.3 Å². The van der Waals surface area contributed by atoms with Crippen molar-refractivity contribution in [2.75, 3.05) is 5.32 Å². The summed E-state index contributed by atoms with van der Waals surface area (Å²) in [6.07, 6.45) is 1.71. The zero-order valence-corrected chi connectivity index (χ0v) is 14.2. The van der Waals surface area contributed by atoms with E-state index < -0.39 is 0 Å². The Morgan fingerprint density at radius 2 is 1.78 bits per heavy atom. The Morgan fingerprint density at radius 1 is 1.09 bits per heavy atom. The fourth-order valence-electron chi connectivity index (χ4n) is 2.53. The molecule has 0 saturated heterocycles. The molecule has 0 fully saturated rings. The summed E-state index contributed by atoms with van der Waals surface area (Å²) in [5.41, 5.74) is 3.58. The Kier molecular flexibility index (Phi) is 3.90. The molecular formula is C19H19ClN2O. The summed E-state index contributed by atoms with van der Waals surface area (Å²) in [5.74, 6) is -0.151. The third-order valence-electron chi connectivity index (χ3n) is 3.90. The second-order valence-corrected chi connectivity index (χ2v) is 7.11. The molecule has 0 aliphatic carbocycles. The summed E-state index contributed by atoms with van der Waals surface area (Å²) in [6, 6.07) is 13.4. The number of fused-ring (bicyclic) bond motifs is 1. The molecule has 0 aliphatic rings. The van der Waals surface area contributed by atoms with Crippen molar-refractivity contribution in [3.05, 3.63) is 64.8 Å². The van der Waals surface area contributed by atoms with Crippen LogP contribution in [0.4, 0.5) is 5.69 Å². The number of amides is 1. The highest BCUT2D eigenvalue weighted by atomic mass is 35.5. The van der Waals surface area contributed by atoms with Crippen molar-refractivity contribution in [2.45, 2.75) is 26.2 Å². The number of aromatic nitrogens is 1. The molecule has 23 heavy (non-hydrogen) atoms. The van der Waals surface area contributed by atoms with Crippen LogP contribution in [0.2, 0.25) is 5.02 Å². The normalized spacial score (nSPS) is 11.7. The van der Waals surface area contributed by atoms with Gasteiger partial charge in [0.15, 0.2) is 0 Å². The highest BCUT2D eigenvalue weighted by Crippen LogP contribution is 2.25. The fraction of sp³-hybridized carbons (Fsp3) is 0.211. The molecule has 0 aliphatic heterocycles. The molecule has 2 aromatic carbocycles. The largest absolute Gasteiger partial charge is 0.360 e. The van der Waals surface area contributed by atoms with Crippen LogP contribution >= 0.6 is 11.6 Å². The first-order chi connectivity index (χ1) is 10.8. The Balaban J connectivity index is 1.85. The molecule has 0 atom stereocenters. The number of nitrogens with one attached hydrogen (secondary N) is 2. The van der Waals surface area contributed by atoms with Crippen LogP contribution in [0.5, 0.6) is 0 Å². The van der Waals surface area contributed by atoms with E-state index in [0.29, 0.717) is 10.6 Å². The lowest BCUT2D eigenvalue weighted by Crippen LogP contribution is -2.13. The molecule has 3 rings (SSSR count). The van der Waals surface area contributed by atoms with Crippen molar-refractivity contribution in [3.8, 4) is 0 Å². The van der Waals surface area contributed by atoms with Gasteiger partial charge in [-0.05, 0) is 41.3 Å². The molecule has 4 heteroatoms. The quantitative estimate of drug-likeness (QED) is 0.653. The summed E-state index contributed by atoms with van der Waals surface area (Å²) >= 11 is 6.03. The first kappa shape index (κ1) is 15.6. The van der Waals surface area contributed by atoms with Crippen LogP contribution in [0.1, 0.15) is 36.7 Å². The average Bonchev–Trinajstić information content (AvgIpc) is 2.90. The van der Waals surface area contributed by atoms with Crippen LogP contribution < -0.4 is 5.32 Å². The number of hydrogen-bond acceptors (Lipinski definition) is 1. The number of hydrogen-bond donors (Lipinski definition) is 2. The molecule has 2 N–H and O–H groups in total. The zero-order valence-electron chi connectivity index (χ0n) is 13.4. The maximum atomic E-state index is 12.5. The summed E-state index contributed by atoms with van der Waals surface area (Å²) in [5, 5.41) is 4.36. The lowest BCUT2D eigenvalue weighted by Gasteiger charge is -2.19. The van der Waals surface area contributed by atoms with Gasteiger partial charge < -0.3 is 10.3 Å². The predicted octanol–water partition coefficient (Wildman–Crippen LogP) is 5.37. The van der Waals surface area contributed by atoms with E-state index in [1.165, 1.54) is 5.56 Å². The number of aromatic amines is 1. The van der Waals surface area contributed by atoms with Crippen molar-refractivity contribution in [1.82, 2.24) is 4.98 Å². The summed E-state index contributed by atoms with van der Waals surface area (Å²) in [4.78, 5) is 15.6. The third-order valence-corrected chi connectivity index (χ3v) is 4.13. The molecule has 3 aromatic rings. The molecular weight excluding hydrogens is 308 g/mol. The fourth-order valence-corrected chi connectivity index (χ4v) is 2.70. The molecule has 0 saturated carbocycles. The molecule has 0 unspecified atom stereocenters. The first-order valence-corrected chi connectivity index (χ1v) is 7.91. The van der Waals surface area contributed by atoms with E-state index in [1.807, 2.05) is 30.3 Å². The van der Waals surface area contributed by atoms with Gasteiger partial charge in [0.1, 0.15) is 0 Å². The Labute approximate surface area is 140 Å². The molecule has 1 aromatic heterocycles. The number of benzene rings is 2. The standard InChI is InChI=1S/C19H19ClN2O/c1-19(2,3)12-4-7-14(8-5-12)22-18(23)16-11-21-17-9-6-13(20)10-15(16)17/h4-11,21H,1-3H3,(H,22,23). The Morgan fingerprint density at radius 3 is 2.43 bits per heavy atom. The van der Waals surface area contributed by atoms with E-state index in [4.69, 9.17) is 11.6 Å². The maximum Gasteiger partial charge on any atom is 0.257 e. The van der Waals surface area contributed by atoms with Crippen LogP contribution in [0, 0.1) is 0 Å². The maximum absolute atomic E-state index is 12.5. The highest BCUT2D eigenvalue weighted by molar-refractivity contribution is 6.31. The van der Waals surface area contributed by atoms with E-state index in [9.17, 15) is 4.79 Å². The number of anilines is 1. The van der Waals surface area contributed by atoms with Crippen molar-refractivity contribution in [2.24, 2.45) is 0 Å². The number of carbonyl (C=O) groups excluding carboxylic acids is 1. The molecule has 118 valence electrons. The zero-order chi connectivity index (χ0) is 16.6. The molecule has 3 nitrogen and oxygen atoms in total. The molecule has 1 heterocycles. The average molecular weight is 327 g/mol. The highest BCUT2D eigenvalue weighted by Gasteiger charge is 2.15. The minimum absolute atomic E-state index is 0.0934. The second-order valence-electron chi connectivity index (χ2n) is 6.67. The van der Waals surface area contributed by atoms with Crippen LogP contribution in [0.3, 0.4) is 0 Å². The molecule has 0 radical (unpaired) electrons. The van der Waals surface area contributed by atoms with Gasteiger partial charge in [-0.25, -0.2) is 0 Å². The van der Waals surface area contributed by atoms with Gasteiger partial charge in [-0.1, -0.05) is 44.5 Å². The lowest BCUT2D eigenvalue weighted by atomic mass is 9.87. The Bertz CT molecular complexity index is 857.